The quantitative estimate of drug-likeness (QED) is 0.785. The number of urea groups is 1. The smallest absolute Gasteiger partial charge is 0.332 e. The van der Waals surface area contributed by atoms with Crippen molar-refractivity contribution in [2.75, 3.05) is 30.0 Å². The van der Waals surface area contributed by atoms with Gasteiger partial charge in [0.25, 0.3) is 5.91 Å². The van der Waals surface area contributed by atoms with Crippen LogP contribution in [-0.4, -0.2) is 48.5 Å². The Hall–Kier alpha value is -3.55. The zero-order valence-corrected chi connectivity index (χ0v) is 16.9. The van der Waals surface area contributed by atoms with E-state index in [9.17, 15) is 14.4 Å². The molecule has 0 saturated carbocycles. The first-order valence-electron chi connectivity index (χ1n) is 9.85. The van der Waals surface area contributed by atoms with Crippen LogP contribution in [0.4, 0.5) is 16.2 Å². The Bertz CT molecular complexity index is 989. The minimum Gasteiger partial charge on any atom is -0.490 e. The normalized spacial score (nSPS) is 18.4. The average Bonchev–Trinajstić information content (AvgIpc) is 2.89. The highest BCUT2D eigenvalue weighted by atomic mass is 16.5. The van der Waals surface area contributed by atoms with Crippen molar-refractivity contribution in [2.45, 2.75) is 26.3 Å². The van der Waals surface area contributed by atoms with E-state index in [1.807, 2.05) is 19.1 Å². The van der Waals surface area contributed by atoms with Crippen LogP contribution >= 0.6 is 0 Å². The summed E-state index contributed by atoms with van der Waals surface area (Å²) in [4.78, 5) is 40.4. The topological polar surface area (TPSA) is 88.2 Å². The summed E-state index contributed by atoms with van der Waals surface area (Å²) in [6, 6.07) is 11.2. The van der Waals surface area contributed by atoms with Gasteiger partial charge < -0.3 is 14.8 Å². The van der Waals surface area contributed by atoms with E-state index in [0.29, 0.717) is 36.1 Å². The summed E-state index contributed by atoms with van der Waals surface area (Å²) >= 11 is 0. The number of rotatable bonds is 4. The fourth-order valence-electron chi connectivity index (χ4n) is 3.50. The Morgan fingerprint density at radius 3 is 2.50 bits per heavy atom. The molecule has 1 unspecified atom stereocenters. The predicted octanol–water partition coefficient (Wildman–Crippen LogP) is 2.95. The second-order valence-electron chi connectivity index (χ2n) is 7.35. The number of nitrogens with zero attached hydrogens (tertiary/aromatic N) is 2. The molecule has 0 aliphatic carbocycles. The van der Waals surface area contributed by atoms with Gasteiger partial charge in [-0.15, -0.1) is 0 Å². The highest BCUT2D eigenvalue weighted by molar-refractivity contribution is 6.16. The van der Waals surface area contributed by atoms with Gasteiger partial charge in [0.1, 0.15) is 12.6 Å². The largest absolute Gasteiger partial charge is 0.490 e. The van der Waals surface area contributed by atoms with Crippen LogP contribution in [0, 0.1) is 6.92 Å². The predicted molar refractivity (Wildman–Crippen MR) is 111 cm³/mol. The van der Waals surface area contributed by atoms with Crippen molar-refractivity contribution in [1.82, 2.24) is 4.90 Å². The molecule has 0 aromatic heterocycles. The number of aryl methyl sites for hydroxylation is 1. The van der Waals surface area contributed by atoms with E-state index in [0.717, 1.165) is 16.9 Å². The van der Waals surface area contributed by atoms with Crippen molar-refractivity contribution >= 4 is 29.2 Å². The van der Waals surface area contributed by atoms with E-state index in [-0.39, 0.29) is 6.54 Å². The van der Waals surface area contributed by atoms with Crippen LogP contribution in [0.25, 0.3) is 0 Å². The Morgan fingerprint density at radius 1 is 1.07 bits per heavy atom. The van der Waals surface area contributed by atoms with E-state index in [1.54, 1.807) is 37.3 Å². The number of hydrogen-bond donors (Lipinski definition) is 1. The molecular formula is C22H23N3O5. The zero-order valence-electron chi connectivity index (χ0n) is 16.9. The third-order valence-electron chi connectivity index (χ3n) is 5.09. The number of fused-ring (bicyclic) bond motifs is 1. The van der Waals surface area contributed by atoms with Crippen molar-refractivity contribution in [3.63, 3.8) is 0 Å². The van der Waals surface area contributed by atoms with Gasteiger partial charge in [0.2, 0.25) is 5.91 Å². The molecule has 0 spiro atoms. The maximum atomic E-state index is 12.8. The maximum absolute atomic E-state index is 12.8. The minimum atomic E-state index is -0.675. The molecule has 156 valence electrons. The lowest BCUT2D eigenvalue weighted by Gasteiger charge is -2.19. The number of imide groups is 1. The van der Waals surface area contributed by atoms with Crippen LogP contribution in [0.3, 0.4) is 0 Å². The van der Waals surface area contributed by atoms with Crippen molar-refractivity contribution in [1.29, 1.82) is 0 Å². The van der Waals surface area contributed by atoms with Gasteiger partial charge in [-0.25, -0.2) is 4.79 Å². The lowest BCUT2D eigenvalue weighted by Crippen LogP contribution is -2.39. The van der Waals surface area contributed by atoms with Crippen molar-refractivity contribution < 1.29 is 23.9 Å². The first-order valence-corrected chi connectivity index (χ1v) is 9.85. The Morgan fingerprint density at radius 2 is 1.77 bits per heavy atom. The third-order valence-corrected chi connectivity index (χ3v) is 5.09. The third kappa shape index (κ3) is 3.80. The second kappa shape index (κ2) is 8.06. The van der Waals surface area contributed by atoms with Gasteiger partial charge in [-0.3, -0.25) is 19.4 Å². The van der Waals surface area contributed by atoms with Gasteiger partial charge in [0.05, 0.1) is 13.2 Å². The standard InChI is InChI=1S/C22H23N3O5/c1-14-4-7-17(8-5-14)25-15(2)21(27)24(22(25)28)13-20(26)23-16-6-9-18-19(12-16)30-11-3-10-29-18/h4-9,12,15H,3,10-11,13H2,1-2H3,(H,23,26). The number of amides is 4. The van der Waals surface area contributed by atoms with Crippen molar-refractivity contribution in [3.05, 3.63) is 48.0 Å². The SMILES string of the molecule is Cc1ccc(N2C(=O)N(CC(=O)Nc3ccc4c(c3)OCCCO4)C(=O)C2C)cc1. The molecule has 2 aliphatic heterocycles. The molecule has 4 rings (SSSR count). The van der Waals surface area contributed by atoms with Crippen LogP contribution < -0.4 is 19.7 Å². The van der Waals surface area contributed by atoms with Gasteiger partial charge in [-0.05, 0) is 38.1 Å². The first kappa shape index (κ1) is 19.8. The molecule has 8 nitrogen and oxygen atoms in total. The van der Waals surface area contributed by atoms with Gasteiger partial charge in [0.15, 0.2) is 11.5 Å². The van der Waals surface area contributed by atoms with E-state index in [1.165, 1.54) is 4.90 Å². The first-order chi connectivity index (χ1) is 14.4. The fraction of sp³-hybridized carbons (Fsp3) is 0.318. The molecule has 2 aromatic rings. The molecule has 2 heterocycles. The van der Waals surface area contributed by atoms with E-state index in [2.05, 4.69) is 5.32 Å². The fourth-order valence-corrected chi connectivity index (χ4v) is 3.50. The highest BCUT2D eigenvalue weighted by Crippen LogP contribution is 2.32. The number of ether oxygens (including phenoxy) is 2. The number of carbonyl (C=O) groups excluding carboxylic acids is 3. The Balaban J connectivity index is 1.45. The summed E-state index contributed by atoms with van der Waals surface area (Å²) in [7, 11) is 0. The molecule has 2 aliphatic rings. The number of hydrogen-bond acceptors (Lipinski definition) is 5. The summed E-state index contributed by atoms with van der Waals surface area (Å²) in [5, 5.41) is 2.72. The van der Waals surface area contributed by atoms with Crippen molar-refractivity contribution in [3.8, 4) is 11.5 Å². The van der Waals surface area contributed by atoms with Gasteiger partial charge in [-0.2, -0.15) is 0 Å². The zero-order chi connectivity index (χ0) is 21.3. The Kier molecular flexibility index (Phi) is 5.31. The molecule has 30 heavy (non-hydrogen) atoms. The molecule has 4 amide bonds. The Labute approximate surface area is 174 Å². The molecule has 1 saturated heterocycles. The monoisotopic (exact) mass is 409 g/mol. The second-order valence-corrected chi connectivity index (χ2v) is 7.35. The number of carbonyl (C=O) groups is 3. The van der Waals surface area contributed by atoms with Gasteiger partial charge >= 0.3 is 6.03 Å². The molecule has 8 heteroatoms. The summed E-state index contributed by atoms with van der Waals surface area (Å²) in [5.41, 5.74) is 2.18. The highest BCUT2D eigenvalue weighted by Gasteiger charge is 2.44. The molecule has 1 atom stereocenters. The number of nitrogens with one attached hydrogen (secondary N) is 1. The van der Waals surface area contributed by atoms with Crippen LogP contribution in [0.15, 0.2) is 42.5 Å². The summed E-state index contributed by atoms with van der Waals surface area (Å²) in [6.45, 7) is 4.35. The molecular weight excluding hydrogens is 386 g/mol. The van der Waals surface area contributed by atoms with E-state index >= 15 is 0 Å². The average molecular weight is 409 g/mol. The van der Waals surface area contributed by atoms with E-state index < -0.39 is 23.9 Å². The van der Waals surface area contributed by atoms with Crippen LogP contribution in [0.5, 0.6) is 11.5 Å². The molecule has 0 radical (unpaired) electrons. The van der Waals surface area contributed by atoms with Crippen LogP contribution in [-0.2, 0) is 9.59 Å². The molecule has 0 bridgehead atoms. The molecule has 1 N–H and O–H groups in total. The molecule has 2 aromatic carbocycles. The summed E-state index contributed by atoms with van der Waals surface area (Å²) in [6.07, 6.45) is 0.783. The van der Waals surface area contributed by atoms with Gasteiger partial charge in [0, 0.05) is 23.9 Å². The van der Waals surface area contributed by atoms with Crippen LogP contribution in [0.2, 0.25) is 0 Å². The van der Waals surface area contributed by atoms with Crippen LogP contribution in [0.1, 0.15) is 18.9 Å². The van der Waals surface area contributed by atoms with Gasteiger partial charge in [-0.1, -0.05) is 17.7 Å². The number of benzene rings is 2. The lowest BCUT2D eigenvalue weighted by molar-refractivity contribution is -0.130. The van der Waals surface area contributed by atoms with Crippen molar-refractivity contribution in [2.24, 2.45) is 0 Å². The van der Waals surface area contributed by atoms with E-state index in [4.69, 9.17) is 9.47 Å². The summed E-state index contributed by atoms with van der Waals surface area (Å²) in [5.74, 6) is 0.300. The lowest BCUT2D eigenvalue weighted by atomic mass is 10.2. The maximum Gasteiger partial charge on any atom is 0.332 e. The minimum absolute atomic E-state index is 0.362. The number of anilines is 2. The summed E-state index contributed by atoms with van der Waals surface area (Å²) < 4.78 is 11.2. The molecule has 1 fully saturated rings.